The molecule has 66 valence electrons. The molecular weight excluding hydrogens is 124 g/mol. The first-order chi connectivity index (χ1) is 4.39. The molecular formula is C9H24O. The van der Waals surface area contributed by atoms with Crippen LogP contribution in [-0.4, -0.2) is 13.2 Å². The highest BCUT2D eigenvalue weighted by Gasteiger charge is 2.06. The van der Waals surface area contributed by atoms with Crippen molar-refractivity contribution in [2.24, 2.45) is 5.92 Å². The third-order valence-corrected chi connectivity index (χ3v) is 1.51. The Kier molecular flexibility index (Phi) is 11.3. The molecule has 1 rings (SSSR count). The molecule has 1 aliphatic heterocycles. The minimum Gasteiger partial charge on any atom is -0.381 e. The second-order valence-electron chi connectivity index (χ2n) is 2.29. The molecule has 0 unspecified atom stereocenters. The zero-order chi connectivity index (χ0) is 7.11. The maximum atomic E-state index is 5.14. The van der Waals surface area contributed by atoms with Crippen molar-refractivity contribution in [3.63, 3.8) is 0 Å². The summed E-state index contributed by atoms with van der Waals surface area (Å²) < 4.78 is 5.14. The third-order valence-electron chi connectivity index (χ3n) is 1.51. The molecule has 1 heterocycles. The molecule has 0 saturated carbocycles. The zero-order valence-corrected chi connectivity index (χ0v) is 6.81. The van der Waals surface area contributed by atoms with E-state index < -0.39 is 0 Å². The van der Waals surface area contributed by atoms with Gasteiger partial charge in [0, 0.05) is 14.6 Å². The lowest BCUT2D eigenvalue weighted by Crippen LogP contribution is -2.12. The molecule has 1 nitrogen and oxygen atoms in total. The van der Waals surface area contributed by atoms with Crippen molar-refractivity contribution in [3.8, 4) is 0 Å². The Hall–Kier alpha value is -0.0400. The van der Waals surface area contributed by atoms with Gasteiger partial charge in [0.25, 0.3) is 0 Å². The number of rotatable bonds is 0. The second-order valence-corrected chi connectivity index (χ2v) is 2.29. The van der Waals surface area contributed by atoms with Crippen LogP contribution in [0.15, 0.2) is 0 Å². The summed E-state index contributed by atoms with van der Waals surface area (Å²) in [6, 6.07) is 0. The van der Waals surface area contributed by atoms with Crippen LogP contribution in [0.1, 0.15) is 42.5 Å². The molecule has 1 saturated heterocycles. The van der Waals surface area contributed by atoms with Gasteiger partial charge in [-0.3, -0.25) is 0 Å². The largest absolute Gasteiger partial charge is 0.381 e. The van der Waals surface area contributed by atoms with Gasteiger partial charge in [0.1, 0.15) is 0 Å². The van der Waals surface area contributed by atoms with Crippen molar-refractivity contribution in [3.05, 3.63) is 0 Å². The molecule has 10 heavy (non-hydrogen) atoms. The van der Waals surface area contributed by atoms with E-state index in [4.69, 9.17) is 4.74 Å². The van der Waals surface area contributed by atoms with Gasteiger partial charge in [0.2, 0.25) is 0 Å². The van der Waals surface area contributed by atoms with Crippen LogP contribution in [0.25, 0.3) is 0 Å². The maximum Gasteiger partial charge on any atom is 0.0468 e. The van der Waals surface area contributed by atoms with Crippen molar-refractivity contribution in [1.29, 1.82) is 0 Å². The summed E-state index contributed by atoms with van der Waals surface area (Å²) in [4.78, 5) is 0. The SMILES string of the molecule is C.CC.CC1CCOCC1.[HH]. The van der Waals surface area contributed by atoms with E-state index in [1.165, 1.54) is 12.8 Å². The zero-order valence-electron chi connectivity index (χ0n) is 6.81. The minimum absolute atomic E-state index is 0. The van der Waals surface area contributed by atoms with Crippen molar-refractivity contribution < 1.29 is 6.16 Å². The highest BCUT2D eigenvalue weighted by molar-refractivity contribution is 4.55. The molecule has 1 aliphatic rings. The summed E-state index contributed by atoms with van der Waals surface area (Å²) in [6.45, 7) is 8.25. The minimum atomic E-state index is 0. The Morgan fingerprint density at radius 3 is 1.80 bits per heavy atom. The summed E-state index contributed by atoms with van der Waals surface area (Å²) in [5.74, 6) is 0.911. The van der Waals surface area contributed by atoms with Crippen LogP contribution in [0.5, 0.6) is 0 Å². The first-order valence-corrected chi connectivity index (χ1v) is 3.97. The van der Waals surface area contributed by atoms with Crippen LogP contribution in [0, 0.1) is 5.92 Å². The molecule has 0 aromatic rings. The molecule has 0 spiro atoms. The van der Waals surface area contributed by atoms with Crippen LogP contribution in [-0.2, 0) is 4.74 Å². The maximum absolute atomic E-state index is 5.14. The van der Waals surface area contributed by atoms with Crippen molar-refractivity contribution in [1.82, 2.24) is 0 Å². The Bertz CT molecular complexity index is 51.5. The predicted octanol–water partition coefficient (Wildman–Crippen LogP) is 3.34. The fourth-order valence-corrected chi connectivity index (χ4v) is 0.815. The molecule has 1 heteroatoms. The van der Waals surface area contributed by atoms with Crippen LogP contribution in [0.2, 0.25) is 0 Å². The average Bonchev–Trinajstić information content (AvgIpc) is 1.94. The number of hydrogen-bond acceptors (Lipinski definition) is 1. The normalized spacial score (nSPS) is 18.3. The predicted molar refractivity (Wildman–Crippen MR) is 49.4 cm³/mol. The molecule has 0 radical (unpaired) electrons. The molecule has 0 aromatic heterocycles. The van der Waals surface area contributed by atoms with Gasteiger partial charge in [0.05, 0.1) is 0 Å². The standard InChI is InChI=1S/C6H12O.C2H6.CH4.H2/c1-6-2-4-7-5-3-6;1-2;;/h6H,2-5H2,1H3;1-2H3;1H4;1H. The van der Waals surface area contributed by atoms with Crippen molar-refractivity contribution in [2.45, 2.75) is 41.0 Å². The van der Waals surface area contributed by atoms with Gasteiger partial charge in [0.15, 0.2) is 0 Å². The molecule has 0 amide bonds. The number of hydrogen-bond donors (Lipinski definition) is 0. The Morgan fingerprint density at radius 1 is 1.20 bits per heavy atom. The van der Waals surface area contributed by atoms with E-state index in [2.05, 4.69) is 6.92 Å². The summed E-state index contributed by atoms with van der Waals surface area (Å²) in [5, 5.41) is 0. The topological polar surface area (TPSA) is 9.23 Å². The van der Waals surface area contributed by atoms with Crippen LogP contribution in [0.3, 0.4) is 0 Å². The Labute approximate surface area is 67.3 Å². The molecule has 0 atom stereocenters. The Morgan fingerprint density at radius 2 is 1.60 bits per heavy atom. The monoisotopic (exact) mass is 148 g/mol. The molecule has 0 aliphatic carbocycles. The summed E-state index contributed by atoms with van der Waals surface area (Å²) >= 11 is 0. The van der Waals surface area contributed by atoms with Crippen molar-refractivity contribution >= 4 is 0 Å². The smallest absolute Gasteiger partial charge is 0.0468 e. The fraction of sp³-hybridized carbons (Fsp3) is 1.00. The quantitative estimate of drug-likeness (QED) is 0.512. The van der Waals surface area contributed by atoms with E-state index in [-0.39, 0.29) is 8.85 Å². The first-order valence-electron chi connectivity index (χ1n) is 3.97. The lowest BCUT2D eigenvalue weighted by Gasteiger charge is -2.16. The summed E-state index contributed by atoms with van der Waals surface area (Å²) in [6.07, 6.45) is 2.53. The lowest BCUT2D eigenvalue weighted by molar-refractivity contribution is 0.0716. The van der Waals surface area contributed by atoms with Gasteiger partial charge < -0.3 is 4.74 Å². The van der Waals surface area contributed by atoms with E-state index in [1.807, 2.05) is 13.8 Å². The molecule has 0 N–H and O–H groups in total. The van der Waals surface area contributed by atoms with Gasteiger partial charge >= 0.3 is 0 Å². The fourth-order valence-electron chi connectivity index (χ4n) is 0.815. The van der Waals surface area contributed by atoms with Gasteiger partial charge in [-0.05, 0) is 18.8 Å². The Balaban J connectivity index is -0.000000149. The molecule has 1 fully saturated rings. The van der Waals surface area contributed by atoms with Gasteiger partial charge in [-0.2, -0.15) is 0 Å². The average molecular weight is 148 g/mol. The second kappa shape index (κ2) is 8.96. The summed E-state index contributed by atoms with van der Waals surface area (Å²) in [5.41, 5.74) is 0. The summed E-state index contributed by atoms with van der Waals surface area (Å²) in [7, 11) is 0. The van der Waals surface area contributed by atoms with Gasteiger partial charge in [-0.25, -0.2) is 0 Å². The molecule has 0 bridgehead atoms. The highest BCUT2D eigenvalue weighted by atomic mass is 16.5. The van der Waals surface area contributed by atoms with E-state index in [9.17, 15) is 0 Å². The number of ether oxygens (including phenoxy) is 1. The van der Waals surface area contributed by atoms with Gasteiger partial charge in [-0.15, -0.1) is 0 Å². The van der Waals surface area contributed by atoms with E-state index in [1.54, 1.807) is 0 Å². The molecule has 0 aromatic carbocycles. The van der Waals surface area contributed by atoms with Crippen LogP contribution < -0.4 is 0 Å². The highest BCUT2D eigenvalue weighted by Crippen LogP contribution is 2.11. The third kappa shape index (κ3) is 6.09. The van der Waals surface area contributed by atoms with Gasteiger partial charge in [-0.1, -0.05) is 28.2 Å². The van der Waals surface area contributed by atoms with Crippen molar-refractivity contribution in [2.75, 3.05) is 13.2 Å². The lowest BCUT2D eigenvalue weighted by atomic mass is 10.0. The first kappa shape index (κ1) is 12.6. The van der Waals surface area contributed by atoms with Crippen LogP contribution >= 0.6 is 0 Å². The van der Waals surface area contributed by atoms with E-state index in [0.29, 0.717) is 0 Å². The van der Waals surface area contributed by atoms with Crippen LogP contribution in [0.4, 0.5) is 0 Å². The van der Waals surface area contributed by atoms with E-state index in [0.717, 1.165) is 19.1 Å². The van der Waals surface area contributed by atoms with E-state index >= 15 is 0 Å².